The Morgan fingerprint density at radius 1 is 0.952 bits per heavy atom. The summed E-state index contributed by atoms with van der Waals surface area (Å²) >= 11 is 0. The van der Waals surface area contributed by atoms with E-state index >= 15 is 0 Å². The van der Waals surface area contributed by atoms with Gasteiger partial charge in [-0.2, -0.15) is 13.2 Å². The maximum absolute atomic E-state index is 13.0. The van der Waals surface area contributed by atoms with E-state index in [1.807, 2.05) is 0 Å². The lowest BCUT2D eigenvalue weighted by molar-refractivity contribution is -0.0571. The predicted octanol–water partition coefficient (Wildman–Crippen LogP) is 4.68. The van der Waals surface area contributed by atoms with Gasteiger partial charge in [-0.3, -0.25) is 0 Å². The van der Waals surface area contributed by atoms with Crippen LogP contribution in [0.15, 0.2) is 59.6 Å². The fraction of sp³-hybridized carbons (Fsp3) is 0.118. The van der Waals surface area contributed by atoms with Crippen LogP contribution < -0.4 is 0 Å². The first-order chi connectivity index (χ1) is 9.97. The largest absolute Gasteiger partial charge is 0.441 e. The van der Waals surface area contributed by atoms with Crippen molar-refractivity contribution in [2.75, 3.05) is 0 Å². The van der Waals surface area contributed by atoms with Crippen LogP contribution in [0.25, 0.3) is 0 Å². The number of aliphatic imine (C=N–C) groups is 1. The van der Waals surface area contributed by atoms with Crippen LogP contribution in [0.2, 0.25) is 0 Å². The van der Waals surface area contributed by atoms with E-state index in [1.54, 1.807) is 55.5 Å². The van der Waals surface area contributed by atoms with Gasteiger partial charge in [0.1, 0.15) is 0 Å². The number of hydrogen-bond donors (Lipinski definition) is 0. The van der Waals surface area contributed by atoms with Crippen molar-refractivity contribution in [3.05, 3.63) is 65.7 Å². The van der Waals surface area contributed by atoms with Crippen LogP contribution in [0.4, 0.5) is 18.9 Å². The van der Waals surface area contributed by atoms with Crippen molar-refractivity contribution in [2.24, 2.45) is 4.99 Å². The van der Waals surface area contributed by atoms with Crippen molar-refractivity contribution in [3.8, 4) is 11.8 Å². The van der Waals surface area contributed by atoms with Crippen LogP contribution >= 0.6 is 0 Å². The van der Waals surface area contributed by atoms with Crippen LogP contribution in [0.3, 0.4) is 0 Å². The van der Waals surface area contributed by atoms with Gasteiger partial charge in [0.2, 0.25) is 0 Å². The molecule has 4 heteroatoms. The van der Waals surface area contributed by atoms with Crippen LogP contribution in [0.5, 0.6) is 0 Å². The molecule has 0 saturated carbocycles. The standard InChI is InChI=1S/C17H12F3N/c1-13-7-5-6-10-15(13)21-16(17(18,19)20)12-11-14-8-3-2-4-9-14/h2-10H,1H3. The van der Waals surface area contributed by atoms with Gasteiger partial charge in [0.05, 0.1) is 5.69 Å². The summed E-state index contributed by atoms with van der Waals surface area (Å²) in [5.41, 5.74) is 0.354. The molecule has 21 heavy (non-hydrogen) atoms. The number of alkyl halides is 3. The molecule has 0 bridgehead atoms. The summed E-state index contributed by atoms with van der Waals surface area (Å²) in [6.07, 6.45) is -4.58. The Labute approximate surface area is 121 Å². The van der Waals surface area contributed by atoms with Gasteiger partial charge in [-0.25, -0.2) is 4.99 Å². The van der Waals surface area contributed by atoms with Gasteiger partial charge < -0.3 is 0 Å². The van der Waals surface area contributed by atoms with E-state index in [4.69, 9.17) is 0 Å². The lowest BCUT2D eigenvalue weighted by Crippen LogP contribution is -2.21. The Bertz CT molecular complexity index is 704. The molecule has 0 spiro atoms. The molecule has 0 heterocycles. The zero-order valence-corrected chi connectivity index (χ0v) is 11.3. The Morgan fingerprint density at radius 3 is 2.19 bits per heavy atom. The van der Waals surface area contributed by atoms with Crippen molar-refractivity contribution in [2.45, 2.75) is 13.1 Å². The summed E-state index contributed by atoms with van der Waals surface area (Å²) in [5.74, 6) is 4.62. The molecule has 0 N–H and O–H groups in total. The molecule has 2 aromatic carbocycles. The lowest BCUT2D eigenvalue weighted by Gasteiger charge is -2.05. The van der Waals surface area contributed by atoms with E-state index in [0.29, 0.717) is 11.1 Å². The van der Waals surface area contributed by atoms with Gasteiger partial charge in [-0.05, 0) is 36.6 Å². The fourth-order valence-corrected chi connectivity index (χ4v) is 1.62. The zero-order valence-electron chi connectivity index (χ0n) is 11.3. The average molecular weight is 287 g/mol. The van der Waals surface area contributed by atoms with Crippen molar-refractivity contribution in [3.63, 3.8) is 0 Å². The molecule has 0 atom stereocenters. The topological polar surface area (TPSA) is 12.4 Å². The maximum Gasteiger partial charge on any atom is 0.441 e. The number of benzene rings is 2. The second-order valence-electron chi connectivity index (χ2n) is 4.36. The molecule has 0 aliphatic rings. The molecule has 2 aromatic rings. The summed E-state index contributed by atoms with van der Waals surface area (Å²) in [6, 6.07) is 15.1. The minimum absolute atomic E-state index is 0.271. The van der Waals surface area contributed by atoms with Crippen LogP contribution in [0, 0.1) is 18.8 Å². The Kier molecular flexibility index (Phi) is 4.44. The highest BCUT2D eigenvalue weighted by atomic mass is 19.4. The SMILES string of the molecule is Cc1ccccc1N=C(C#Cc1ccccc1)C(F)(F)F. The minimum atomic E-state index is -4.58. The molecule has 0 radical (unpaired) electrons. The maximum atomic E-state index is 13.0. The van der Waals surface area contributed by atoms with Gasteiger partial charge in [-0.1, -0.05) is 42.3 Å². The smallest absolute Gasteiger partial charge is 0.235 e. The monoisotopic (exact) mass is 287 g/mol. The fourth-order valence-electron chi connectivity index (χ4n) is 1.62. The van der Waals surface area contributed by atoms with E-state index in [-0.39, 0.29) is 5.69 Å². The van der Waals surface area contributed by atoms with Crippen molar-refractivity contribution in [1.82, 2.24) is 0 Å². The highest BCUT2D eigenvalue weighted by Gasteiger charge is 2.34. The Balaban J connectivity index is 2.42. The normalized spacial score (nSPS) is 11.7. The number of nitrogens with zero attached hydrogens (tertiary/aromatic N) is 1. The Morgan fingerprint density at radius 2 is 1.57 bits per heavy atom. The third-order valence-electron chi connectivity index (χ3n) is 2.72. The number of hydrogen-bond acceptors (Lipinski definition) is 1. The highest BCUT2D eigenvalue weighted by Crippen LogP contribution is 2.23. The molecular weight excluding hydrogens is 275 g/mol. The van der Waals surface area contributed by atoms with Gasteiger partial charge in [0, 0.05) is 5.56 Å². The second-order valence-corrected chi connectivity index (χ2v) is 4.36. The van der Waals surface area contributed by atoms with Crippen LogP contribution in [0.1, 0.15) is 11.1 Å². The average Bonchev–Trinajstić information content (AvgIpc) is 2.45. The molecule has 0 fully saturated rings. The number of aryl methyl sites for hydroxylation is 1. The second kappa shape index (κ2) is 6.27. The molecule has 0 saturated heterocycles. The molecule has 0 aromatic heterocycles. The van der Waals surface area contributed by atoms with Crippen LogP contribution in [-0.4, -0.2) is 11.9 Å². The predicted molar refractivity (Wildman–Crippen MR) is 77.6 cm³/mol. The molecule has 0 unspecified atom stereocenters. The van der Waals surface area contributed by atoms with Gasteiger partial charge >= 0.3 is 6.18 Å². The minimum Gasteiger partial charge on any atom is -0.235 e. The van der Waals surface area contributed by atoms with Crippen LogP contribution in [-0.2, 0) is 0 Å². The molecular formula is C17H12F3N. The molecule has 0 aliphatic heterocycles. The van der Waals surface area contributed by atoms with E-state index in [9.17, 15) is 13.2 Å². The van der Waals surface area contributed by atoms with Gasteiger partial charge in [0.15, 0.2) is 5.71 Å². The quantitative estimate of drug-likeness (QED) is 0.533. The molecule has 1 nitrogen and oxygen atoms in total. The summed E-state index contributed by atoms with van der Waals surface area (Å²) in [5, 5.41) is 0. The number of halogens is 3. The van der Waals surface area contributed by atoms with E-state index in [1.165, 1.54) is 6.07 Å². The van der Waals surface area contributed by atoms with E-state index in [2.05, 4.69) is 16.8 Å². The van der Waals surface area contributed by atoms with E-state index < -0.39 is 11.9 Å². The summed E-state index contributed by atoms with van der Waals surface area (Å²) in [4.78, 5) is 3.66. The zero-order chi connectivity index (χ0) is 15.3. The third kappa shape index (κ3) is 4.22. The van der Waals surface area contributed by atoms with Crippen molar-refractivity contribution in [1.29, 1.82) is 0 Å². The first-order valence-electron chi connectivity index (χ1n) is 6.25. The summed E-state index contributed by atoms with van der Waals surface area (Å²) in [7, 11) is 0. The number of para-hydroxylation sites is 1. The third-order valence-corrected chi connectivity index (χ3v) is 2.72. The summed E-state index contributed by atoms with van der Waals surface area (Å²) < 4.78 is 39.0. The first-order valence-corrected chi connectivity index (χ1v) is 6.25. The highest BCUT2D eigenvalue weighted by molar-refractivity contribution is 6.06. The first kappa shape index (κ1) is 14.9. The molecule has 0 amide bonds. The van der Waals surface area contributed by atoms with Crippen molar-refractivity contribution >= 4 is 11.4 Å². The molecule has 2 rings (SSSR count). The van der Waals surface area contributed by atoms with Crippen molar-refractivity contribution < 1.29 is 13.2 Å². The van der Waals surface area contributed by atoms with Gasteiger partial charge in [0.25, 0.3) is 0 Å². The molecule has 106 valence electrons. The lowest BCUT2D eigenvalue weighted by atomic mass is 10.2. The number of rotatable bonds is 1. The molecule has 0 aliphatic carbocycles. The Hall–Kier alpha value is -2.54. The van der Waals surface area contributed by atoms with Gasteiger partial charge in [-0.15, -0.1) is 0 Å². The van der Waals surface area contributed by atoms with E-state index in [0.717, 1.165) is 0 Å². The summed E-state index contributed by atoms with van der Waals surface area (Å²) in [6.45, 7) is 1.71.